The summed E-state index contributed by atoms with van der Waals surface area (Å²) in [7, 11) is 0. The highest BCUT2D eigenvalue weighted by molar-refractivity contribution is 6.36. The van der Waals surface area contributed by atoms with E-state index in [1.165, 1.54) is 19.1 Å². The van der Waals surface area contributed by atoms with Crippen LogP contribution in [-0.4, -0.2) is 0 Å². The van der Waals surface area contributed by atoms with Gasteiger partial charge in [-0.2, -0.15) is 13.2 Å². The van der Waals surface area contributed by atoms with Gasteiger partial charge in [-0.3, -0.25) is 0 Å². The first-order chi connectivity index (χ1) is 8.80. The zero-order valence-electron chi connectivity index (χ0n) is 9.85. The maximum absolute atomic E-state index is 12.9. The van der Waals surface area contributed by atoms with Crippen LogP contribution < -0.4 is 0 Å². The first-order valence-corrected chi connectivity index (χ1v) is 6.18. The van der Waals surface area contributed by atoms with Crippen molar-refractivity contribution < 1.29 is 13.2 Å². The molecule has 2 rings (SSSR count). The summed E-state index contributed by atoms with van der Waals surface area (Å²) in [6, 6.07) is 8.77. The van der Waals surface area contributed by atoms with Gasteiger partial charge in [0, 0.05) is 15.6 Å². The SMILES string of the molecule is Cc1c(-c2ccc(Cl)cc2Cl)cccc1C(F)(F)F. The largest absolute Gasteiger partial charge is 0.416 e. The van der Waals surface area contributed by atoms with E-state index in [0.29, 0.717) is 21.2 Å². The highest BCUT2D eigenvalue weighted by Gasteiger charge is 2.33. The smallest absolute Gasteiger partial charge is 0.166 e. The highest BCUT2D eigenvalue weighted by atomic mass is 35.5. The molecule has 0 saturated heterocycles. The minimum Gasteiger partial charge on any atom is -0.166 e. The van der Waals surface area contributed by atoms with Crippen LogP contribution in [0.25, 0.3) is 11.1 Å². The number of halogens is 5. The molecule has 0 radical (unpaired) electrons. The second-order valence-electron chi connectivity index (χ2n) is 4.10. The number of alkyl halides is 3. The minimum absolute atomic E-state index is 0.152. The van der Waals surface area contributed by atoms with E-state index in [1.54, 1.807) is 18.2 Å². The van der Waals surface area contributed by atoms with E-state index in [1.807, 2.05) is 0 Å². The average molecular weight is 305 g/mol. The van der Waals surface area contributed by atoms with Crippen molar-refractivity contribution in [1.82, 2.24) is 0 Å². The van der Waals surface area contributed by atoms with Crippen molar-refractivity contribution in [1.29, 1.82) is 0 Å². The van der Waals surface area contributed by atoms with Crippen molar-refractivity contribution in [2.75, 3.05) is 0 Å². The van der Waals surface area contributed by atoms with Crippen LogP contribution in [0.4, 0.5) is 13.2 Å². The monoisotopic (exact) mass is 304 g/mol. The molecule has 5 heteroatoms. The molecule has 0 aliphatic rings. The Labute approximate surface area is 118 Å². The molecule has 0 amide bonds. The van der Waals surface area contributed by atoms with Crippen LogP contribution in [0.5, 0.6) is 0 Å². The lowest BCUT2D eigenvalue weighted by atomic mass is 9.96. The van der Waals surface area contributed by atoms with Crippen LogP contribution in [-0.2, 0) is 6.18 Å². The summed E-state index contributed by atoms with van der Waals surface area (Å²) in [6.45, 7) is 1.43. The molecule has 0 aliphatic heterocycles. The van der Waals surface area contributed by atoms with Crippen LogP contribution in [0, 0.1) is 6.92 Å². The van der Waals surface area contributed by atoms with Gasteiger partial charge in [0.15, 0.2) is 0 Å². The topological polar surface area (TPSA) is 0 Å². The third-order valence-corrected chi connectivity index (χ3v) is 3.41. The lowest BCUT2D eigenvalue weighted by molar-refractivity contribution is -0.138. The molecule has 19 heavy (non-hydrogen) atoms. The maximum Gasteiger partial charge on any atom is 0.416 e. The summed E-state index contributed by atoms with van der Waals surface area (Å²) in [5.41, 5.74) is 0.487. The molecule has 0 aromatic heterocycles. The summed E-state index contributed by atoms with van der Waals surface area (Å²) < 4.78 is 38.6. The van der Waals surface area contributed by atoms with Gasteiger partial charge >= 0.3 is 6.18 Å². The fraction of sp³-hybridized carbons (Fsp3) is 0.143. The summed E-state index contributed by atoms with van der Waals surface area (Å²) in [5.74, 6) is 0. The van der Waals surface area contributed by atoms with Gasteiger partial charge in [-0.15, -0.1) is 0 Å². The molecule has 0 heterocycles. The summed E-state index contributed by atoms with van der Waals surface area (Å²) in [6.07, 6.45) is -4.38. The molecule has 0 nitrogen and oxygen atoms in total. The summed E-state index contributed by atoms with van der Waals surface area (Å²) in [4.78, 5) is 0. The van der Waals surface area contributed by atoms with Crippen molar-refractivity contribution in [3.63, 3.8) is 0 Å². The van der Waals surface area contributed by atoms with Crippen LogP contribution in [0.3, 0.4) is 0 Å². The van der Waals surface area contributed by atoms with Crippen molar-refractivity contribution in [3.8, 4) is 11.1 Å². The Bertz CT molecular complexity index is 619. The number of benzene rings is 2. The van der Waals surface area contributed by atoms with Crippen LogP contribution in [0.15, 0.2) is 36.4 Å². The lowest BCUT2D eigenvalue weighted by Crippen LogP contribution is -2.08. The van der Waals surface area contributed by atoms with E-state index >= 15 is 0 Å². The lowest BCUT2D eigenvalue weighted by Gasteiger charge is -2.15. The Morgan fingerprint density at radius 1 is 0.947 bits per heavy atom. The Kier molecular flexibility index (Phi) is 3.79. The molecule has 2 aromatic rings. The molecule has 0 unspecified atom stereocenters. The average Bonchev–Trinajstić information content (AvgIpc) is 2.28. The van der Waals surface area contributed by atoms with Crippen molar-refractivity contribution in [3.05, 3.63) is 57.6 Å². The van der Waals surface area contributed by atoms with Crippen molar-refractivity contribution >= 4 is 23.2 Å². The zero-order valence-corrected chi connectivity index (χ0v) is 11.4. The van der Waals surface area contributed by atoms with Gasteiger partial charge in [0.2, 0.25) is 0 Å². The normalized spacial score (nSPS) is 11.7. The fourth-order valence-electron chi connectivity index (χ4n) is 1.94. The fourth-order valence-corrected chi connectivity index (χ4v) is 2.45. The number of rotatable bonds is 1. The molecule has 0 bridgehead atoms. The van der Waals surface area contributed by atoms with Gasteiger partial charge < -0.3 is 0 Å². The second kappa shape index (κ2) is 5.06. The molecule has 100 valence electrons. The first kappa shape index (κ1) is 14.2. The van der Waals surface area contributed by atoms with Crippen molar-refractivity contribution in [2.24, 2.45) is 0 Å². The van der Waals surface area contributed by atoms with Crippen LogP contribution in [0.2, 0.25) is 10.0 Å². The van der Waals surface area contributed by atoms with Gasteiger partial charge in [-0.25, -0.2) is 0 Å². The van der Waals surface area contributed by atoms with Crippen molar-refractivity contribution in [2.45, 2.75) is 13.1 Å². The van der Waals surface area contributed by atoms with E-state index < -0.39 is 11.7 Å². The predicted octanol–water partition coefficient (Wildman–Crippen LogP) is 5.99. The molecule has 2 aromatic carbocycles. The van der Waals surface area contributed by atoms with E-state index in [0.717, 1.165) is 6.07 Å². The Hall–Kier alpha value is -1.19. The van der Waals surface area contributed by atoms with Crippen LogP contribution >= 0.6 is 23.2 Å². The summed E-state index contributed by atoms with van der Waals surface area (Å²) in [5, 5.41) is 0.772. The predicted molar refractivity (Wildman–Crippen MR) is 71.6 cm³/mol. The van der Waals surface area contributed by atoms with Gasteiger partial charge in [-0.1, -0.05) is 41.4 Å². The third kappa shape index (κ3) is 2.88. The van der Waals surface area contributed by atoms with Gasteiger partial charge in [0.1, 0.15) is 0 Å². The maximum atomic E-state index is 12.9. The number of hydrogen-bond acceptors (Lipinski definition) is 0. The standard InChI is InChI=1S/C14H9Cl2F3/c1-8-10(3-2-4-12(8)14(17,18)19)11-6-5-9(15)7-13(11)16/h2-7H,1H3. The van der Waals surface area contributed by atoms with E-state index in [2.05, 4.69) is 0 Å². The van der Waals surface area contributed by atoms with Gasteiger partial charge in [0.05, 0.1) is 5.56 Å². The van der Waals surface area contributed by atoms with Gasteiger partial charge in [0.25, 0.3) is 0 Å². The molecule has 0 aliphatic carbocycles. The Balaban J connectivity index is 2.64. The Morgan fingerprint density at radius 3 is 2.21 bits per heavy atom. The summed E-state index contributed by atoms with van der Waals surface area (Å²) >= 11 is 11.8. The highest BCUT2D eigenvalue weighted by Crippen LogP contribution is 2.38. The molecule has 0 N–H and O–H groups in total. The number of hydrogen-bond donors (Lipinski definition) is 0. The third-order valence-electron chi connectivity index (χ3n) is 2.86. The molecule has 0 atom stereocenters. The first-order valence-electron chi connectivity index (χ1n) is 5.43. The van der Waals surface area contributed by atoms with Crippen LogP contribution in [0.1, 0.15) is 11.1 Å². The molecular formula is C14H9Cl2F3. The molecular weight excluding hydrogens is 296 g/mol. The van der Waals surface area contributed by atoms with E-state index in [4.69, 9.17) is 23.2 Å². The molecule has 0 spiro atoms. The molecule has 0 fully saturated rings. The minimum atomic E-state index is -4.38. The zero-order chi connectivity index (χ0) is 14.2. The second-order valence-corrected chi connectivity index (χ2v) is 4.94. The van der Waals surface area contributed by atoms with E-state index in [9.17, 15) is 13.2 Å². The van der Waals surface area contributed by atoms with Gasteiger partial charge in [-0.05, 0) is 36.2 Å². The molecule has 0 saturated carbocycles. The Morgan fingerprint density at radius 2 is 1.63 bits per heavy atom. The van der Waals surface area contributed by atoms with E-state index in [-0.39, 0.29) is 5.56 Å². The quantitative estimate of drug-likeness (QED) is 0.607.